The van der Waals surface area contributed by atoms with Gasteiger partial charge in [-0.3, -0.25) is 10.1 Å². The number of hydrogen-bond acceptors (Lipinski definition) is 5. The number of nitrogens with zero attached hydrogens (tertiary/aromatic N) is 2. The molecule has 7 heteroatoms. The Morgan fingerprint density at radius 3 is 2.42 bits per heavy atom. The van der Waals surface area contributed by atoms with Crippen LogP contribution in [0.1, 0.15) is 17.3 Å². The molecule has 0 bridgehead atoms. The number of halogens is 1. The molecule has 1 heterocycles. The second-order valence-electron chi connectivity index (χ2n) is 5.18. The first-order chi connectivity index (χ1) is 11.1. The number of nitrogens with two attached hydrogens (primary N) is 1. The maximum atomic E-state index is 10.7. The summed E-state index contributed by atoms with van der Waals surface area (Å²) in [5.41, 5.74) is 9.18. The SMILES string of the molecule is Br.NC(Cc1ccc([N+](=O)[O-])cc1)c1csc(-c2ccccc2)n1. The molecule has 0 spiro atoms. The van der Waals surface area contributed by atoms with Gasteiger partial charge in [0.05, 0.1) is 16.7 Å². The predicted octanol–water partition coefficient (Wildman–Crippen LogP) is 4.54. The number of benzene rings is 2. The summed E-state index contributed by atoms with van der Waals surface area (Å²) in [5, 5.41) is 13.6. The Hall–Kier alpha value is -2.09. The molecule has 124 valence electrons. The van der Waals surface area contributed by atoms with Crippen molar-refractivity contribution < 1.29 is 4.92 Å². The Morgan fingerprint density at radius 2 is 1.79 bits per heavy atom. The van der Waals surface area contributed by atoms with Crippen molar-refractivity contribution in [3.63, 3.8) is 0 Å². The molecule has 0 saturated heterocycles. The van der Waals surface area contributed by atoms with E-state index in [4.69, 9.17) is 5.73 Å². The molecule has 0 aliphatic rings. The van der Waals surface area contributed by atoms with Crippen molar-refractivity contribution in [3.8, 4) is 10.6 Å². The highest BCUT2D eigenvalue weighted by Crippen LogP contribution is 2.26. The van der Waals surface area contributed by atoms with Gasteiger partial charge in [-0.15, -0.1) is 28.3 Å². The standard InChI is InChI=1S/C17H15N3O2S.BrH/c18-15(10-12-6-8-14(9-7-12)20(21)22)16-11-23-17(19-16)13-4-2-1-3-5-13;/h1-9,11,15H,10,18H2;1H. The Morgan fingerprint density at radius 1 is 1.12 bits per heavy atom. The Bertz CT molecular complexity index is 806. The number of hydrogen-bond donors (Lipinski definition) is 1. The van der Waals surface area contributed by atoms with E-state index in [9.17, 15) is 10.1 Å². The van der Waals surface area contributed by atoms with Crippen LogP contribution in [-0.4, -0.2) is 9.91 Å². The number of aromatic nitrogens is 1. The lowest BCUT2D eigenvalue weighted by atomic mass is 10.0. The molecule has 0 fully saturated rings. The zero-order valence-electron chi connectivity index (χ0n) is 12.7. The van der Waals surface area contributed by atoms with Crippen LogP contribution >= 0.6 is 28.3 Å². The third kappa shape index (κ3) is 4.25. The van der Waals surface area contributed by atoms with Gasteiger partial charge in [0.1, 0.15) is 5.01 Å². The molecule has 3 aromatic rings. The van der Waals surface area contributed by atoms with Crippen LogP contribution in [-0.2, 0) is 6.42 Å². The molecule has 0 saturated carbocycles. The molecule has 3 rings (SSSR count). The number of thiazole rings is 1. The van der Waals surface area contributed by atoms with Gasteiger partial charge in [-0.2, -0.15) is 0 Å². The first kappa shape index (κ1) is 18.3. The maximum Gasteiger partial charge on any atom is 0.269 e. The summed E-state index contributed by atoms with van der Waals surface area (Å²) in [4.78, 5) is 14.9. The fourth-order valence-electron chi connectivity index (χ4n) is 2.28. The summed E-state index contributed by atoms with van der Waals surface area (Å²) in [6.07, 6.45) is 0.593. The van der Waals surface area contributed by atoms with Crippen LogP contribution in [0.2, 0.25) is 0 Å². The summed E-state index contributed by atoms with van der Waals surface area (Å²) in [6, 6.07) is 16.2. The summed E-state index contributed by atoms with van der Waals surface area (Å²) in [6.45, 7) is 0. The Kier molecular flexibility index (Phi) is 6.19. The van der Waals surface area contributed by atoms with Crippen molar-refractivity contribution in [1.29, 1.82) is 0 Å². The molecule has 1 aromatic heterocycles. The predicted molar refractivity (Wildman–Crippen MR) is 102 cm³/mol. The van der Waals surface area contributed by atoms with Crippen LogP contribution in [0, 0.1) is 10.1 Å². The van der Waals surface area contributed by atoms with Gasteiger partial charge in [-0.1, -0.05) is 42.5 Å². The highest BCUT2D eigenvalue weighted by atomic mass is 79.9. The molecule has 0 aliphatic carbocycles. The zero-order chi connectivity index (χ0) is 16.2. The highest BCUT2D eigenvalue weighted by molar-refractivity contribution is 8.93. The lowest BCUT2D eigenvalue weighted by Gasteiger charge is -2.08. The molecule has 2 N–H and O–H groups in total. The van der Waals surface area contributed by atoms with Gasteiger partial charge in [0.2, 0.25) is 0 Å². The Labute approximate surface area is 154 Å². The fraction of sp³-hybridized carbons (Fsp3) is 0.118. The fourth-order valence-corrected chi connectivity index (χ4v) is 3.17. The molecular formula is C17H16BrN3O2S. The van der Waals surface area contributed by atoms with E-state index in [0.717, 1.165) is 21.8 Å². The minimum absolute atomic E-state index is 0. The monoisotopic (exact) mass is 405 g/mol. The first-order valence-electron chi connectivity index (χ1n) is 7.13. The highest BCUT2D eigenvalue weighted by Gasteiger charge is 2.13. The van der Waals surface area contributed by atoms with Crippen LogP contribution in [0.5, 0.6) is 0 Å². The third-order valence-electron chi connectivity index (χ3n) is 3.53. The smallest absolute Gasteiger partial charge is 0.269 e. The molecule has 5 nitrogen and oxygen atoms in total. The lowest BCUT2D eigenvalue weighted by molar-refractivity contribution is -0.384. The molecule has 0 aliphatic heterocycles. The lowest BCUT2D eigenvalue weighted by Crippen LogP contribution is -2.13. The van der Waals surface area contributed by atoms with E-state index >= 15 is 0 Å². The van der Waals surface area contributed by atoms with Crippen LogP contribution < -0.4 is 5.73 Å². The van der Waals surface area contributed by atoms with Crippen LogP contribution in [0.25, 0.3) is 10.6 Å². The largest absolute Gasteiger partial charge is 0.322 e. The van der Waals surface area contributed by atoms with Crippen LogP contribution in [0.4, 0.5) is 5.69 Å². The van der Waals surface area contributed by atoms with Gasteiger partial charge in [-0.25, -0.2) is 4.98 Å². The molecule has 1 unspecified atom stereocenters. The zero-order valence-corrected chi connectivity index (χ0v) is 15.2. The molecule has 0 radical (unpaired) electrons. The third-order valence-corrected chi connectivity index (χ3v) is 4.43. The normalized spacial score (nSPS) is 11.5. The molecule has 24 heavy (non-hydrogen) atoms. The summed E-state index contributed by atoms with van der Waals surface area (Å²) in [5.74, 6) is 0. The van der Waals surface area contributed by atoms with Crippen molar-refractivity contribution >= 4 is 34.0 Å². The quantitative estimate of drug-likeness (QED) is 0.498. The van der Waals surface area contributed by atoms with Crippen molar-refractivity contribution in [2.45, 2.75) is 12.5 Å². The molecular weight excluding hydrogens is 390 g/mol. The molecule has 0 amide bonds. The van der Waals surface area contributed by atoms with E-state index in [1.165, 1.54) is 12.1 Å². The molecule has 1 atom stereocenters. The second kappa shape index (κ2) is 8.14. The topological polar surface area (TPSA) is 82.0 Å². The van der Waals surface area contributed by atoms with Crippen LogP contribution in [0.3, 0.4) is 0 Å². The van der Waals surface area contributed by atoms with Crippen molar-refractivity contribution in [2.24, 2.45) is 5.73 Å². The summed E-state index contributed by atoms with van der Waals surface area (Å²) in [7, 11) is 0. The number of non-ortho nitro benzene ring substituents is 1. The first-order valence-corrected chi connectivity index (χ1v) is 8.01. The summed E-state index contributed by atoms with van der Waals surface area (Å²) < 4.78 is 0. The summed E-state index contributed by atoms with van der Waals surface area (Å²) >= 11 is 1.57. The second-order valence-corrected chi connectivity index (χ2v) is 6.04. The average molecular weight is 406 g/mol. The van der Waals surface area contributed by atoms with Crippen molar-refractivity contribution in [2.75, 3.05) is 0 Å². The van der Waals surface area contributed by atoms with E-state index in [1.54, 1.807) is 23.5 Å². The van der Waals surface area contributed by atoms with E-state index in [1.807, 2.05) is 35.7 Å². The van der Waals surface area contributed by atoms with E-state index in [2.05, 4.69) is 4.98 Å². The number of nitro groups is 1. The minimum Gasteiger partial charge on any atom is -0.322 e. The minimum atomic E-state index is -0.406. The van der Waals surface area contributed by atoms with E-state index < -0.39 is 4.92 Å². The van der Waals surface area contributed by atoms with Gasteiger partial charge in [0.25, 0.3) is 5.69 Å². The van der Waals surface area contributed by atoms with Gasteiger partial charge in [0.15, 0.2) is 0 Å². The van der Waals surface area contributed by atoms with Crippen molar-refractivity contribution in [1.82, 2.24) is 4.98 Å². The van der Waals surface area contributed by atoms with Gasteiger partial charge in [0, 0.05) is 23.1 Å². The van der Waals surface area contributed by atoms with E-state index in [-0.39, 0.29) is 28.7 Å². The number of nitro benzene ring substituents is 1. The molecule has 2 aromatic carbocycles. The van der Waals surface area contributed by atoms with Crippen molar-refractivity contribution in [3.05, 3.63) is 81.3 Å². The van der Waals surface area contributed by atoms with Gasteiger partial charge >= 0.3 is 0 Å². The number of rotatable bonds is 5. The van der Waals surface area contributed by atoms with Gasteiger partial charge in [-0.05, 0) is 12.0 Å². The van der Waals surface area contributed by atoms with Gasteiger partial charge < -0.3 is 5.73 Å². The average Bonchev–Trinajstić information content (AvgIpc) is 3.06. The maximum absolute atomic E-state index is 10.7. The Balaban J connectivity index is 0.00000208. The van der Waals surface area contributed by atoms with E-state index in [0.29, 0.717) is 6.42 Å². The van der Waals surface area contributed by atoms with Crippen LogP contribution in [0.15, 0.2) is 60.0 Å².